The summed E-state index contributed by atoms with van der Waals surface area (Å²) in [5.74, 6) is 1.38. The van der Waals surface area contributed by atoms with Crippen LogP contribution in [-0.2, 0) is 47.3 Å². The van der Waals surface area contributed by atoms with Gasteiger partial charge in [0.2, 0.25) is 0 Å². The van der Waals surface area contributed by atoms with E-state index in [1.165, 1.54) is 111 Å². The van der Waals surface area contributed by atoms with Gasteiger partial charge in [-0.3, -0.25) is 0 Å². The number of aliphatic hydroxyl groups excluding tert-OH is 8. The van der Waals surface area contributed by atoms with Crippen LogP contribution in [0.3, 0.4) is 0 Å². The van der Waals surface area contributed by atoms with E-state index >= 15 is 0 Å². The lowest BCUT2D eigenvalue weighted by Crippen LogP contribution is -2.35. The molecule has 13 rings (SSSR count). The van der Waals surface area contributed by atoms with Gasteiger partial charge in [-0.25, -0.2) is 0 Å². The maximum atomic E-state index is 10.4. The third-order valence-electron chi connectivity index (χ3n) is 25.5. The van der Waals surface area contributed by atoms with Crippen molar-refractivity contribution < 1.29 is 50.7 Å². The molecule has 10 nitrogen and oxygen atoms in total. The zero-order valence-corrected chi connectivity index (χ0v) is 72.6. The van der Waals surface area contributed by atoms with Crippen LogP contribution in [0.4, 0.5) is 0 Å². The molecule has 4 aliphatic rings. The number of halogens is 1. The Labute approximate surface area is 687 Å². The number of aromatic hydroxyl groups is 1. The molecule has 0 fully saturated rings. The van der Waals surface area contributed by atoms with E-state index in [9.17, 15) is 46.0 Å². The largest absolute Gasteiger partial charge is 0.508 e. The minimum absolute atomic E-state index is 0.000882. The van der Waals surface area contributed by atoms with Gasteiger partial charge in [-0.2, -0.15) is 0 Å². The van der Waals surface area contributed by atoms with Crippen molar-refractivity contribution >= 4 is 11.6 Å². The predicted octanol–water partition coefficient (Wildman–Crippen LogP) is 20.2. The molecule has 0 spiro atoms. The van der Waals surface area contributed by atoms with E-state index in [1.54, 1.807) is 0 Å². The van der Waals surface area contributed by atoms with Crippen molar-refractivity contribution in [3.8, 4) is 22.6 Å². The van der Waals surface area contributed by atoms with Crippen LogP contribution in [0.2, 0.25) is 5.02 Å². The molecule has 612 valence electrons. The Bertz CT molecular complexity index is 4610. The first kappa shape index (κ1) is 88.9. The molecule has 0 saturated heterocycles. The fraction of sp³-hybridized carbons (Fsp3) is 0.476. The third-order valence-corrected chi connectivity index (χ3v) is 25.9. The van der Waals surface area contributed by atoms with Gasteiger partial charge >= 0.3 is 0 Å². The molecule has 9 aromatic carbocycles. The van der Waals surface area contributed by atoms with E-state index in [0.29, 0.717) is 12.2 Å². The molecule has 0 aliphatic heterocycles. The summed E-state index contributed by atoms with van der Waals surface area (Å²) < 4.78 is 5.97. The van der Waals surface area contributed by atoms with E-state index in [4.69, 9.17) is 16.3 Å². The van der Waals surface area contributed by atoms with Crippen molar-refractivity contribution in [1.82, 2.24) is 0 Å². The van der Waals surface area contributed by atoms with Crippen LogP contribution in [0.1, 0.15) is 243 Å². The molecule has 0 saturated carbocycles. The molecular formula is C103H133ClO10. The summed E-state index contributed by atoms with van der Waals surface area (Å²) in [4.78, 5) is 0. The predicted molar refractivity (Wildman–Crippen MR) is 469 cm³/mol. The van der Waals surface area contributed by atoms with Crippen molar-refractivity contribution in [2.75, 3.05) is 52.9 Å². The lowest BCUT2D eigenvalue weighted by atomic mass is 9.66. The molecule has 0 bridgehead atoms. The Morgan fingerprint density at radius 3 is 0.991 bits per heavy atom. The van der Waals surface area contributed by atoms with Gasteiger partial charge in [0.25, 0.3) is 0 Å². The molecule has 9 aromatic rings. The molecule has 4 aliphatic carbocycles. The fourth-order valence-corrected chi connectivity index (χ4v) is 19.7. The third kappa shape index (κ3) is 19.7. The molecule has 0 aromatic heterocycles. The average Bonchev–Trinajstić information content (AvgIpc) is 0.770. The number of benzene rings is 9. The quantitative estimate of drug-likeness (QED) is 0.0477. The SMILES string of the molecule is Cc1cc2c(cc1Cl)C(c1ccc(C)c(C(C)(C)C)c1)[C@H](CO)[C@@H](CO)C2.Cc1cc2c(cc1O)C[C@H](CO)[C@@H](CO)C2c1ccc(C)c(C(C)(C)C)c1.Cc1ccc(C2c3cc(-c4ccccc4)ccc3C[C@H](CO)[C@H]2CO)cc1C(C)(C)C.Cc1ccc(C2c3cc(OC(C)C)ccc3C[C@H](CO)[C@H]2CO)cc1C(C)(C)C. The second kappa shape index (κ2) is 37.0. The molecular weight excluding hydrogens is 1430 g/mol. The number of hydrogen-bond acceptors (Lipinski definition) is 10. The fourth-order valence-electron chi connectivity index (χ4n) is 19.6. The average molecular weight is 1570 g/mol. The van der Waals surface area contributed by atoms with Gasteiger partial charge < -0.3 is 50.7 Å². The molecule has 0 amide bonds. The summed E-state index contributed by atoms with van der Waals surface area (Å²) in [6.07, 6.45) is 3.16. The number of hydrogen-bond donors (Lipinski definition) is 9. The van der Waals surface area contributed by atoms with Gasteiger partial charge in [0.15, 0.2) is 0 Å². The Morgan fingerprint density at radius 2 is 0.649 bits per heavy atom. The zero-order valence-electron chi connectivity index (χ0n) is 71.9. The van der Waals surface area contributed by atoms with E-state index in [0.717, 1.165) is 52.3 Å². The molecule has 0 radical (unpaired) electrons. The van der Waals surface area contributed by atoms with Gasteiger partial charge in [-0.15, -0.1) is 0 Å². The number of rotatable bonds is 15. The van der Waals surface area contributed by atoms with Gasteiger partial charge in [0, 0.05) is 81.5 Å². The van der Waals surface area contributed by atoms with Crippen LogP contribution in [0, 0.1) is 88.9 Å². The molecule has 12 atom stereocenters. The number of aryl methyl sites for hydroxylation is 6. The molecule has 9 N–H and O–H groups in total. The first-order valence-electron chi connectivity index (χ1n) is 41.7. The van der Waals surface area contributed by atoms with E-state index in [-0.39, 0.29) is 152 Å². The Hall–Kier alpha value is -7.45. The topological polar surface area (TPSA) is 191 Å². The van der Waals surface area contributed by atoms with Crippen molar-refractivity contribution in [2.24, 2.45) is 47.3 Å². The van der Waals surface area contributed by atoms with E-state index in [1.807, 2.05) is 45.9 Å². The maximum absolute atomic E-state index is 10.4. The molecule has 11 heteroatoms. The second-order valence-corrected chi connectivity index (χ2v) is 38.5. The van der Waals surface area contributed by atoms with Crippen LogP contribution in [0.5, 0.6) is 11.5 Å². The normalized spacial score (nSPS) is 22.0. The highest BCUT2D eigenvalue weighted by atomic mass is 35.5. The summed E-state index contributed by atoms with van der Waals surface area (Å²) >= 11 is 6.48. The summed E-state index contributed by atoms with van der Waals surface area (Å²) in [6, 6.07) is 58.3. The van der Waals surface area contributed by atoms with Gasteiger partial charge in [-0.05, 0) is 308 Å². The Balaban J connectivity index is 0.000000161. The number of fused-ring (bicyclic) bond motifs is 4. The minimum Gasteiger partial charge on any atom is -0.508 e. The van der Waals surface area contributed by atoms with Crippen LogP contribution >= 0.6 is 11.6 Å². The minimum atomic E-state index is -0.0398. The second-order valence-electron chi connectivity index (χ2n) is 38.1. The zero-order chi connectivity index (χ0) is 83.4. The highest BCUT2D eigenvalue weighted by Crippen LogP contribution is 2.51. The lowest BCUT2D eigenvalue weighted by Gasteiger charge is -2.39. The number of ether oxygens (including phenoxy) is 1. The summed E-state index contributed by atoms with van der Waals surface area (Å²) in [5, 5.41) is 92.2. The monoisotopic (exact) mass is 1560 g/mol. The van der Waals surface area contributed by atoms with Crippen LogP contribution < -0.4 is 4.74 Å². The van der Waals surface area contributed by atoms with E-state index < -0.39 is 0 Å². The summed E-state index contributed by atoms with van der Waals surface area (Å²) in [7, 11) is 0. The van der Waals surface area contributed by atoms with Crippen LogP contribution in [0.15, 0.2) is 164 Å². The first-order chi connectivity index (χ1) is 53.8. The standard InChI is InChI=1S/C29H34O2.C26H36O3.C24H31ClO2.C24H32O3/c1-19-10-11-23(16-27(19)29(2,3)4)28-25-15-21(20-8-6-5-7-9-20)12-13-22(25)14-24(17-30)26(28)18-31;1-16(2)29-21-10-9-18-11-20(14-27)23(15-28)25(22(18)13-21)19-8-7-17(3)24(12-19)26(4,5)6;1-14-6-7-16(10-21(14)24(3,4)5)23-19-11-22(25)15(2)8-17(19)9-18(12-26)20(23)13-27;1-14-6-7-16(10-21(14)24(3,4)5)23-19-8-15(2)22(27)11-17(19)9-18(12-25)20(23)13-26/h5-13,15-16,24,26,28,30-31H,14,17-18H2,1-4H3;7-10,12-13,16,20,23,25,27-28H,11,14-15H2,1-6H3;6-8,10-11,18,20,23,26-27H,9,12-13H2,1-5H3;6-8,10-11,18,20,23,25-27H,9,12-13H2,1-5H3/t24-,26-,28?;20-,23-,25?;2*18-,20-,23?/m1111/s1. The van der Waals surface area contributed by atoms with Crippen molar-refractivity contribution in [3.05, 3.63) is 291 Å². The first-order valence-corrected chi connectivity index (χ1v) is 42.1. The number of aliphatic hydroxyl groups is 8. The Morgan fingerprint density at radius 1 is 0.325 bits per heavy atom. The summed E-state index contributed by atoms with van der Waals surface area (Å²) in [5.41, 5.74) is 29.4. The maximum Gasteiger partial charge on any atom is 0.120 e. The number of phenolic OH excluding ortho intramolecular Hbond substituents is 1. The highest BCUT2D eigenvalue weighted by molar-refractivity contribution is 6.31. The number of phenols is 1. The van der Waals surface area contributed by atoms with Crippen molar-refractivity contribution in [2.45, 2.75) is 216 Å². The summed E-state index contributed by atoms with van der Waals surface area (Å²) in [6.45, 7) is 44.0. The smallest absolute Gasteiger partial charge is 0.120 e. The molecule has 4 unspecified atom stereocenters. The Kier molecular flexibility index (Phi) is 28.9. The van der Waals surface area contributed by atoms with E-state index in [2.05, 4.69) is 256 Å². The van der Waals surface area contributed by atoms with Gasteiger partial charge in [0.05, 0.1) is 6.10 Å². The van der Waals surface area contributed by atoms with Crippen LogP contribution in [-0.4, -0.2) is 105 Å². The van der Waals surface area contributed by atoms with Crippen molar-refractivity contribution in [1.29, 1.82) is 0 Å². The lowest BCUT2D eigenvalue weighted by molar-refractivity contribution is 0.101. The van der Waals surface area contributed by atoms with Gasteiger partial charge in [0.1, 0.15) is 11.5 Å². The molecule has 0 heterocycles. The highest BCUT2D eigenvalue weighted by Gasteiger charge is 2.43. The van der Waals surface area contributed by atoms with Crippen LogP contribution in [0.25, 0.3) is 11.1 Å². The molecule has 114 heavy (non-hydrogen) atoms. The van der Waals surface area contributed by atoms with Crippen molar-refractivity contribution in [3.63, 3.8) is 0 Å². The van der Waals surface area contributed by atoms with Gasteiger partial charge in [-0.1, -0.05) is 234 Å².